The van der Waals surface area contributed by atoms with Crippen molar-refractivity contribution in [2.75, 3.05) is 5.32 Å². The molecule has 1 atom stereocenters. The van der Waals surface area contributed by atoms with Crippen LogP contribution in [0.1, 0.15) is 62.0 Å². The Morgan fingerprint density at radius 1 is 0.897 bits per heavy atom. The number of carboxylic acids is 1. The minimum Gasteiger partial charge on any atom is -0.481 e. The van der Waals surface area contributed by atoms with E-state index in [0.29, 0.717) is 18.5 Å². The fourth-order valence-electron chi connectivity index (χ4n) is 5.38. The van der Waals surface area contributed by atoms with Crippen LogP contribution in [0.2, 0.25) is 0 Å². The third kappa shape index (κ3) is 5.59. The van der Waals surface area contributed by atoms with Crippen molar-refractivity contribution in [3.8, 4) is 21.6 Å². The van der Waals surface area contributed by atoms with Gasteiger partial charge in [0.1, 0.15) is 6.10 Å². The number of anilines is 1. The molecule has 0 saturated heterocycles. The number of nitrogens with zero attached hydrogens (tertiary/aromatic N) is 1. The van der Waals surface area contributed by atoms with E-state index in [0.717, 1.165) is 57.7 Å². The molecular weight excluding hydrogens is 508 g/mol. The molecule has 1 aromatic heterocycles. The van der Waals surface area contributed by atoms with Gasteiger partial charge in [0.25, 0.3) is 0 Å². The summed E-state index contributed by atoms with van der Waals surface area (Å²) < 4.78 is 10.1. The summed E-state index contributed by atoms with van der Waals surface area (Å²) in [5.41, 5.74) is 5.42. The number of hydrogen-bond acceptors (Lipinski definition) is 5. The Morgan fingerprint density at radius 2 is 1.49 bits per heavy atom. The van der Waals surface area contributed by atoms with Crippen LogP contribution < -0.4 is 5.32 Å². The van der Waals surface area contributed by atoms with E-state index in [4.69, 9.17) is 4.74 Å². The lowest BCUT2D eigenvalue weighted by atomic mass is 9.69. The van der Waals surface area contributed by atoms with Crippen molar-refractivity contribution in [1.29, 1.82) is 0 Å². The second-order valence-electron chi connectivity index (χ2n) is 10.2. The van der Waals surface area contributed by atoms with Gasteiger partial charge in [0, 0.05) is 0 Å². The predicted molar refractivity (Wildman–Crippen MR) is 155 cm³/mol. The molecule has 0 radical (unpaired) electrons. The Bertz CT molecular complexity index is 1440. The molecule has 0 aliphatic heterocycles. The van der Waals surface area contributed by atoms with Crippen LogP contribution in [0.25, 0.3) is 21.6 Å². The Balaban J connectivity index is 1.31. The predicted octanol–water partition coefficient (Wildman–Crippen LogP) is 8.38. The molecular formula is C32H32N2O4S. The largest absolute Gasteiger partial charge is 0.481 e. The van der Waals surface area contributed by atoms with Crippen LogP contribution in [-0.4, -0.2) is 21.5 Å². The quantitative estimate of drug-likeness (QED) is 0.246. The van der Waals surface area contributed by atoms with Gasteiger partial charge in [0.15, 0.2) is 0 Å². The number of carbonyl (C=O) groups excluding carboxylic acids is 1. The van der Waals surface area contributed by atoms with Crippen molar-refractivity contribution in [3.63, 3.8) is 0 Å². The zero-order valence-electron chi connectivity index (χ0n) is 22.1. The number of amides is 1. The van der Waals surface area contributed by atoms with Crippen molar-refractivity contribution in [3.05, 3.63) is 95.7 Å². The molecule has 1 fully saturated rings. The first-order chi connectivity index (χ1) is 18.9. The second kappa shape index (κ2) is 11.4. The lowest BCUT2D eigenvalue weighted by Crippen LogP contribution is -2.37. The lowest BCUT2D eigenvalue weighted by molar-refractivity contribution is -0.145. The van der Waals surface area contributed by atoms with Gasteiger partial charge in [0.2, 0.25) is 0 Å². The first-order valence-corrected chi connectivity index (χ1v) is 14.1. The number of carboxylic acid groups (broad SMARTS) is 1. The summed E-state index contributed by atoms with van der Waals surface area (Å²) in [6.07, 6.45) is 3.49. The molecule has 1 aliphatic carbocycles. The first-order valence-electron chi connectivity index (χ1n) is 13.3. The van der Waals surface area contributed by atoms with Crippen LogP contribution in [0.15, 0.2) is 78.9 Å². The fourth-order valence-corrected chi connectivity index (χ4v) is 6.23. The van der Waals surface area contributed by atoms with Gasteiger partial charge in [-0.25, -0.2) is 4.79 Å². The third-order valence-corrected chi connectivity index (χ3v) is 8.66. The van der Waals surface area contributed by atoms with Crippen molar-refractivity contribution >= 4 is 29.3 Å². The van der Waals surface area contributed by atoms with Crippen molar-refractivity contribution in [2.45, 2.75) is 57.5 Å². The van der Waals surface area contributed by atoms with Crippen LogP contribution in [0, 0.1) is 6.92 Å². The summed E-state index contributed by atoms with van der Waals surface area (Å²) in [5, 5.41) is 12.9. The molecule has 200 valence electrons. The van der Waals surface area contributed by atoms with Gasteiger partial charge < -0.3 is 9.84 Å². The molecule has 1 heterocycles. The van der Waals surface area contributed by atoms with Crippen molar-refractivity contribution in [1.82, 2.24) is 4.37 Å². The summed E-state index contributed by atoms with van der Waals surface area (Å²) in [6.45, 7) is 3.71. The van der Waals surface area contributed by atoms with Gasteiger partial charge in [0.05, 0.1) is 21.7 Å². The highest BCUT2D eigenvalue weighted by Crippen LogP contribution is 2.41. The highest BCUT2D eigenvalue weighted by Gasteiger charge is 2.41. The Morgan fingerprint density at radius 3 is 2.10 bits per heavy atom. The maximum absolute atomic E-state index is 12.7. The van der Waals surface area contributed by atoms with E-state index >= 15 is 0 Å². The monoisotopic (exact) mass is 540 g/mol. The summed E-state index contributed by atoms with van der Waals surface area (Å²) in [6, 6.07) is 25.7. The molecule has 7 heteroatoms. The van der Waals surface area contributed by atoms with Crippen LogP contribution in [0.4, 0.5) is 10.5 Å². The molecule has 1 amide bonds. The fraction of sp³-hybridized carbons (Fsp3) is 0.281. The first kappa shape index (κ1) is 26.6. The number of aromatic nitrogens is 1. The lowest BCUT2D eigenvalue weighted by Gasteiger charge is -2.33. The maximum Gasteiger partial charge on any atom is 0.412 e. The van der Waals surface area contributed by atoms with E-state index in [1.54, 1.807) is 0 Å². The number of hydrogen-bond donors (Lipinski definition) is 2. The Labute approximate surface area is 232 Å². The van der Waals surface area contributed by atoms with E-state index in [9.17, 15) is 14.7 Å². The van der Waals surface area contributed by atoms with Gasteiger partial charge in [-0.1, -0.05) is 98.1 Å². The number of nitrogens with one attached hydrogen (secondary N) is 1. The van der Waals surface area contributed by atoms with E-state index in [1.165, 1.54) is 11.5 Å². The van der Waals surface area contributed by atoms with Crippen LogP contribution >= 0.6 is 11.5 Å². The van der Waals surface area contributed by atoms with Gasteiger partial charge in [-0.3, -0.25) is 10.1 Å². The number of aliphatic carboxylic acids is 1. The molecule has 0 spiro atoms. The molecule has 1 saturated carbocycles. The summed E-state index contributed by atoms with van der Waals surface area (Å²) >= 11 is 1.33. The molecule has 0 bridgehead atoms. The smallest absolute Gasteiger partial charge is 0.412 e. The normalized spacial score (nSPS) is 15.3. The Kier molecular flexibility index (Phi) is 7.79. The molecule has 5 rings (SSSR count). The third-order valence-electron chi connectivity index (χ3n) is 7.68. The van der Waals surface area contributed by atoms with E-state index < -0.39 is 17.5 Å². The zero-order valence-corrected chi connectivity index (χ0v) is 23.0. The van der Waals surface area contributed by atoms with Gasteiger partial charge in [-0.2, -0.15) is 4.37 Å². The maximum atomic E-state index is 12.7. The minimum absolute atomic E-state index is 0.379. The van der Waals surface area contributed by atoms with Gasteiger partial charge >= 0.3 is 12.1 Å². The topological polar surface area (TPSA) is 88.5 Å². The number of carbonyl (C=O) groups is 2. The van der Waals surface area contributed by atoms with E-state index in [-0.39, 0.29) is 6.10 Å². The highest BCUT2D eigenvalue weighted by atomic mass is 32.1. The Hall–Kier alpha value is -3.97. The highest BCUT2D eigenvalue weighted by molar-refractivity contribution is 7.10. The molecule has 2 N–H and O–H groups in total. The van der Waals surface area contributed by atoms with E-state index in [1.807, 2.05) is 92.7 Å². The molecule has 39 heavy (non-hydrogen) atoms. The number of benzene rings is 3. The summed E-state index contributed by atoms with van der Waals surface area (Å²) in [7, 11) is 0. The summed E-state index contributed by atoms with van der Waals surface area (Å²) in [5.74, 6) is -0.720. The van der Waals surface area contributed by atoms with Crippen molar-refractivity contribution in [2.24, 2.45) is 0 Å². The average Bonchev–Trinajstić information content (AvgIpc) is 3.33. The number of aryl methyl sites for hydroxylation is 1. The molecule has 4 aromatic rings. The van der Waals surface area contributed by atoms with E-state index in [2.05, 4.69) is 9.69 Å². The molecule has 6 nitrogen and oxygen atoms in total. The van der Waals surface area contributed by atoms with Gasteiger partial charge in [-0.05, 0) is 66.0 Å². The minimum atomic E-state index is -0.770. The molecule has 1 unspecified atom stereocenters. The number of rotatable bonds is 7. The average molecular weight is 541 g/mol. The van der Waals surface area contributed by atoms with Crippen LogP contribution in [0.5, 0.6) is 0 Å². The summed E-state index contributed by atoms with van der Waals surface area (Å²) in [4.78, 5) is 25.7. The zero-order chi connectivity index (χ0) is 27.4. The SMILES string of the molecule is Cc1nsc(-c2ccc(-c3ccc(C4(C(=O)O)CCCCC4)cc3)cc2)c1NC(=O)OC(C)c1ccccc1. The molecule has 3 aromatic carbocycles. The van der Waals surface area contributed by atoms with Crippen LogP contribution in [0.3, 0.4) is 0 Å². The standard InChI is InChI=1S/C32H32N2O4S/c1-21-28(33-31(37)38-22(2)23-9-5-3-6-10-23)29(39-34-21)26-13-11-24(12-14-26)25-15-17-27(18-16-25)32(30(35)36)19-7-4-8-20-32/h3,5-6,9-18,22H,4,7-8,19-20H2,1-2H3,(H,33,37)(H,35,36). The second-order valence-corrected chi connectivity index (χ2v) is 10.9. The molecule has 1 aliphatic rings. The van der Waals surface area contributed by atoms with Crippen molar-refractivity contribution < 1.29 is 19.4 Å². The number of ether oxygens (including phenoxy) is 1. The van der Waals surface area contributed by atoms with Gasteiger partial charge in [-0.15, -0.1) is 0 Å². The van der Waals surface area contributed by atoms with Crippen LogP contribution in [-0.2, 0) is 14.9 Å².